The molecule has 1 aromatic carbocycles. The zero-order valence-corrected chi connectivity index (χ0v) is 20.3. The maximum absolute atomic E-state index is 12.7. The first-order chi connectivity index (χ1) is 14.8. The van der Waals surface area contributed by atoms with Gasteiger partial charge in [-0.2, -0.15) is 5.10 Å². The van der Waals surface area contributed by atoms with Crippen molar-refractivity contribution < 1.29 is 9.59 Å². The summed E-state index contributed by atoms with van der Waals surface area (Å²) in [5.74, 6) is -0.930. The molecule has 0 aliphatic carbocycles. The quantitative estimate of drug-likeness (QED) is 0.327. The van der Waals surface area contributed by atoms with Crippen LogP contribution in [-0.4, -0.2) is 38.2 Å². The number of nitrogens with zero attached hydrogens (tertiary/aromatic N) is 3. The van der Waals surface area contributed by atoms with Crippen molar-refractivity contribution in [3.63, 3.8) is 0 Å². The second-order valence-electron chi connectivity index (χ2n) is 9.94. The third-order valence-electron chi connectivity index (χ3n) is 5.19. The molecule has 6 nitrogen and oxygen atoms in total. The van der Waals surface area contributed by atoms with E-state index in [0.717, 1.165) is 22.6 Å². The fraction of sp³-hybridized carbons (Fsp3) is 0.360. The van der Waals surface area contributed by atoms with Crippen LogP contribution in [0, 0.1) is 0 Å². The van der Waals surface area contributed by atoms with E-state index in [1.165, 1.54) is 4.90 Å². The normalized spacial score (nSPS) is 16.5. The minimum atomic E-state index is -0.499. The summed E-state index contributed by atoms with van der Waals surface area (Å²) in [6, 6.07) is 9.80. The van der Waals surface area contributed by atoms with E-state index < -0.39 is 11.8 Å². The molecule has 168 valence electrons. The highest BCUT2D eigenvalue weighted by Crippen LogP contribution is 2.30. The molecule has 0 unspecified atom stereocenters. The van der Waals surface area contributed by atoms with Gasteiger partial charge in [-0.25, -0.2) is 4.68 Å². The number of nitrogens with one attached hydrogen (secondary N) is 1. The second kappa shape index (κ2) is 8.47. The Kier molecular flexibility index (Phi) is 6.24. The van der Waals surface area contributed by atoms with E-state index in [4.69, 9.17) is 17.3 Å². The number of thiocarbonyl (C=S) groups is 1. The molecule has 7 heteroatoms. The maximum Gasteiger partial charge on any atom is 0.265 e. The van der Waals surface area contributed by atoms with E-state index in [2.05, 4.69) is 59.5 Å². The highest BCUT2D eigenvalue weighted by Gasteiger charge is 2.32. The van der Waals surface area contributed by atoms with Gasteiger partial charge in [-0.3, -0.25) is 19.8 Å². The zero-order valence-electron chi connectivity index (χ0n) is 19.5. The van der Waals surface area contributed by atoms with Gasteiger partial charge in [0.25, 0.3) is 11.8 Å². The maximum atomic E-state index is 12.7. The van der Waals surface area contributed by atoms with Crippen molar-refractivity contribution in [2.45, 2.75) is 52.4 Å². The van der Waals surface area contributed by atoms with Gasteiger partial charge < -0.3 is 0 Å². The van der Waals surface area contributed by atoms with E-state index in [9.17, 15) is 9.59 Å². The van der Waals surface area contributed by atoms with Crippen molar-refractivity contribution in [3.05, 3.63) is 65.5 Å². The molecule has 3 rings (SSSR count). The van der Waals surface area contributed by atoms with Crippen molar-refractivity contribution in [2.24, 2.45) is 0 Å². The van der Waals surface area contributed by atoms with Crippen LogP contribution in [0.15, 0.2) is 48.6 Å². The van der Waals surface area contributed by atoms with E-state index in [0.29, 0.717) is 0 Å². The van der Waals surface area contributed by atoms with Gasteiger partial charge in [-0.15, -0.1) is 6.58 Å². The van der Waals surface area contributed by atoms with Crippen LogP contribution in [0.4, 0.5) is 0 Å². The molecular formula is C25H30N4O2S. The monoisotopic (exact) mass is 450 g/mol. The number of hydrogen-bond acceptors (Lipinski definition) is 4. The lowest BCUT2D eigenvalue weighted by atomic mass is 9.88. The van der Waals surface area contributed by atoms with Gasteiger partial charge in [-0.1, -0.05) is 59.8 Å². The Morgan fingerprint density at radius 1 is 1.06 bits per heavy atom. The minimum Gasteiger partial charge on any atom is -0.298 e. The predicted molar refractivity (Wildman–Crippen MR) is 132 cm³/mol. The topological polar surface area (TPSA) is 67.2 Å². The van der Waals surface area contributed by atoms with Gasteiger partial charge in [0.15, 0.2) is 5.11 Å². The largest absolute Gasteiger partial charge is 0.298 e. The summed E-state index contributed by atoms with van der Waals surface area (Å²) < 4.78 is 1.97. The van der Waals surface area contributed by atoms with Crippen molar-refractivity contribution in [1.29, 1.82) is 0 Å². The first-order valence-electron chi connectivity index (χ1n) is 10.5. The molecule has 1 aliphatic heterocycles. The first-order valence-corrected chi connectivity index (χ1v) is 10.9. The number of benzene rings is 1. The van der Waals surface area contributed by atoms with Crippen molar-refractivity contribution >= 4 is 35.2 Å². The van der Waals surface area contributed by atoms with Gasteiger partial charge >= 0.3 is 0 Å². The Hall–Kier alpha value is -3.06. The van der Waals surface area contributed by atoms with Crippen LogP contribution in [0.2, 0.25) is 0 Å². The third-order valence-corrected chi connectivity index (χ3v) is 5.51. The van der Waals surface area contributed by atoms with Gasteiger partial charge in [0.05, 0.1) is 11.4 Å². The summed E-state index contributed by atoms with van der Waals surface area (Å²) in [5, 5.41) is 7.53. The van der Waals surface area contributed by atoms with Gasteiger partial charge in [0, 0.05) is 23.1 Å². The van der Waals surface area contributed by atoms with Crippen LogP contribution in [0.3, 0.4) is 0 Å². The Bertz CT molecular complexity index is 1110. The summed E-state index contributed by atoms with van der Waals surface area (Å²) in [6.45, 7) is 16.8. The number of amides is 2. The summed E-state index contributed by atoms with van der Waals surface area (Å²) in [7, 11) is 0. The zero-order chi connectivity index (χ0) is 23.8. The number of carbonyl (C=O) groups excluding carboxylic acids is 2. The van der Waals surface area contributed by atoms with Gasteiger partial charge in [-0.05, 0) is 42.1 Å². The number of aromatic nitrogens is 2. The summed E-state index contributed by atoms with van der Waals surface area (Å²) >= 11 is 5.09. The molecule has 2 heterocycles. The molecule has 32 heavy (non-hydrogen) atoms. The average Bonchev–Trinajstić information content (AvgIpc) is 3.15. The van der Waals surface area contributed by atoms with Crippen molar-refractivity contribution in [3.8, 4) is 5.69 Å². The van der Waals surface area contributed by atoms with Crippen LogP contribution >= 0.6 is 12.2 Å². The number of hydrogen-bond donors (Lipinski definition) is 1. The summed E-state index contributed by atoms with van der Waals surface area (Å²) in [6.07, 6.45) is 3.14. The fourth-order valence-electron chi connectivity index (χ4n) is 3.35. The Morgan fingerprint density at radius 2 is 1.69 bits per heavy atom. The lowest BCUT2D eigenvalue weighted by Gasteiger charge is -2.27. The molecule has 0 saturated carbocycles. The van der Waals surface area contributed by atoms with Gasteiger partial charge in [0.1, 0.15) is 5.57 Å². The van der Waals surface area contributed by atoms with E-state index in [1.54, 1.807) is 12.2 Å². The summed E-state index contributed by atoms with van der Waals surface area (Å²) in [5.41, 5.74) is 3.68. The molecule has 1 fully saturated rings. The lowest BCUT2D eigenvalue weighted by Crippen LogP contribution is -2.53. The molecule has 0 bridgehead atoms. The molecule has 2 aromatic rings. The number of carbonyl (C=O) groups is 2. The van der Waals surface area contributed by atoms with Crippen LogP contribution < -0.4 is 5.32 Å². The van der Waals surface area contributed by atoms with Crippen LogP contribution in [-0.2, 0) is 20.4 Å². The summed E-state index contributed by atoms with van der Waals surface area (Å²) in [4.78, 5) is 26.4. The molecule has 1 saturated heterocycles. The predicted octanol–water partition coefficient (Wildman–Crippen LogP) is 4.28. The SMILES string of the molecule is C=CCN1C(=O)/C(=C\c2ccc(-n3nc(C(C)(C)C)cc3C(C)(C)C)cc2)C(=O)NC1=S. The Balaban J connectivity index is 1.98. The smallest absolute Gasteiger partial charge is 0.265 e. The van der Waals surface area contributed by atoms with E-state index >= 15 is 0 Å². The minimum absolute atomic E-state index is 0.0395. The molecule has 0 radical (unpaired) electrons. The van der Waals surface area contributed by atoms with Crippen LogP contribution in [0.25, 0.3) is 11.8 Å². The van der Waals surface area contributed by atoms with Crippen LogP contribution in [0.5, 0.6) is 0 Å². The highest BCUT2D eigenvalue weighted by atomic mass is 32.1. The molecular weight excluding hydrogens is 420 g/mol. The lowest BCUT2D eigenvalue weighted by molar-refractivity contribution is -0.128. The molecule has 0 spiro atoms. The Labute approximate surface area is 195 Å². The van der Waals surface area contributed by atoms with Gasteiger partial charge in [0.2, 0.25) is 0 Å². The van der Waals surface area contributed by atoms with E-state index in [-0.39, 0.29) is 28.1 Å². The molecule has 1 aromatic heterocycles. The molecule has 1 N–H and O–H groups in total. The number of rotatable bonds is 4. The average molecular weight is 451 g/mol. The van der Waals surface area contributed by atoms with Crippen molar-refractivity contribution in [1.82, 2.24) is 20.0 Å². The Morgan fingerprint density at radius 3 is 2.22 bits per heavy atom. The highest BCUT2D eigenvalue weighted by molar-refractivity contribution is 7.80. The molecule has 1 aliphatic rings. The fourth-order valence-corrected chi connectivity index (χ4v) is 3.60. The first kappa shape index (κ1) is 23.6. The van der Waals surface area contributed by atoms with Crippen LogP contribution in [0.1, 0.15) is 58.5 Å². The molecule has 2 amide bonds. The van der Waals surface area contributed by atoms with E-state index in [1.807, 2.05) is 28.9 Å². The molecule has 0 atom stereocenters. The second-order valence-corrected chi connectivity index (χ2v) is 10.3. The third kappa shape index (κ3) is 4.72. The van der Waals surface area contributed by atoms with Crippen molar-refractivity contribution in [2.75, 3.05) is 6.54 Å². The standard InChI is InChI=1S/C25H30N4O2S/c1-8-13-28-22(31)18(21(30)26-23(28)32)14-16-9-11-17(12-10-16)29-20(25(5,6)7)15-19(27-29)24(2,3)4/h8-12,14-15H,1,13H2,2-7H3,(H,26,30,32)/b18-14-.